The van der Waals surface area contributed by atoms with Gasteiger partial charge in [-0.25, -0.2) is 0 Å². The van der Waals surface area contributed by atoms with Crippen molar-refractivity contribution in [1.82, 2.24) is 25.5 Å². The largest absolute Gasteiger partial charge is 0.474 e. The van der Waals surface area contributed by atoms with E-state index in [0.717, 1.165) is 39.8 Å². The fourth-order valence-corrected chi connectivity index (χ4v) is 3.54. The molecule has 3 N–H and O–H groups in total. The lowest BCUT2D eigenvalue weighted by Crippen LogP contribution is -2.30. The number of aromatic amines is 2. The van der Waals surface area contributed by atoms with Gasteiger partial charge in [0.25, 0.3) is 0 Å². The lowest BCUT2D eigenvalue weighted by molar-refractivity contribution is 0.180. The quantitative estimate of drug-likeness (QED) is 0.374. The molecule has 5 aromatic rings. The van der Waals surface area contributed by atoms with Crippen molar-refractivity contribution < 1.29 is 4.74 Å². The molecular formula is C23H21N5O. The zero-order valence-electron chi connectivity index (χ0n) is 16.0. The molecule has 144 valence electrons. The molecule has 0 unspecified atom stereocenters. The van der Waals surface area contributed by atoms with Crippen LogP contribution in [-0.2, 0) is 6.54 Å². The molecule has 0 saturated heterocycles. The molecule has 5 rings (SSSR count). The summed E-state index contributed by atoms with van der Waals surface area (Å²) in [6.45, 7) is 2.72. The number of para-hydroxylation sites is 1. The Morgan fingerprint density at radius 1 is 1.00 bits per heavy atom. The van der Waals surface area contributed by atoms with Crippen molar-refractivity contribution in [2.24, 2.45) is 0 Å². The molecule has 0 saturated carbocycles. The summed E-state index contributed by atoms with van der Waals surface area (Å²) >= 11 is 0. The van der Waals surface area contributed by atoms with E-state index in [1.54, 1.807) is 6.20 Å². The Labute approximate surface area is 167 Å². The molecule has 0 fully saturated rings. The highest BCUT2D eigenvalue weighted by molar-refractivity contribution is 5.84. The van der Waals surface area contributed by atoms with Crippen molar-refractivity contribution in [3.63, 3.8) is 0 Å². The van der Waals surface area contributed by atoms with Gasteiger partial charge in [0.05, 0.1) is 17.9 Å². The monoisotopic (exact) mass is 383 g/mol. The van der Waals surface area contributed by atoms with Crippen LogP contribution < -0.4 is 10.1 Å². The van der Waals surface area contributed by atoms with Crippen molar-refractivity contribution in [1.29, 1.82) is 0 Å². The van der Waals surface area contributed by atoms with Gasteiger partial charge in [0, 0.05) is 40.8 Å². The summed E-state index contributed by atoms with van der Waals surface area (Å²) < 4.78 is 6.06. The summed E-state index contributed by atoms with van der Waals surface area (Å²) in [5, 5.41) is 12.8. The fraction of sp³-hybridized carbons (Fsp3) is 0.130. The number of hydrogen-bond donors (Lipinski definition) is 3. The molecule has 1 atom stereocenters. The second-order valence-electron chi connectivity index (χ2n) is 7.08. The highest BCUT2D eigenvalue weighted by Gasteiger charge is 2.09. The van der Waals surface area contributed by atoms with E-state index in [4.69, 9.17) is 4.74 Å². The minimum atomic E-state index is -0.157. The van der Waals surface area contributed by atoms with Gasteiger partial charge in [0.1, 0.15) is 12.0 Å². The highest BCUT2D eigenvalue weighted by Crippen LogP contribution is 2.26. The molecule has 0 spiro atoms. The number of benzene rings is 2. The second kappa shape index (κ2) is 7.41. The molecule has 0 aliphatic rings. The summed E-state index contributed by atoms with van der Waals surface area (Å²) in [6.07, 6.45) is 7.28. The van der Waals surface area contributed by atoms with E-state index in [-0.39, 0.29) is 6.23 Å². The highest BCUT2D eigenvalue weighted by atomic mass is 16.5. The van der Waals surface area contributed by atoms with Crippen molar-refractivity contribution in [3.8, 4) is 16.9 Å². The van der Waals surface area contributed by atoms with E-state index in [1.807, 2.05) is 43.7 Å². The first kappa shape index (κ1) is 17.5. The molecule has 0 bridgehead atoms. The van der Waals surface area contributed by atoms with Gasteiger partial charge in [-0.1, -0.05) is 30.3 Å². The van der Waals surface area contributed by atoms with Gasteiger partial charge in [0.15, 0.2) is 0 Å². The number of fused-ring (bicyclic) bond motifs is 2. The van der Waals surface area contributed by atoms with Crippen LogP contribution in [0.15, 0.2) is 73.3 Å². The predicted octanol–water partition coefficient (Wildman–Crippen LogP) is 4.62. The maximum absolute atomic E-state index is 6.06. The van der Waals surface area contributed by atoms with Gasteiger partial charge in [0.2, 0.25) is 0 Å². The molecule has 0 aliphatic heterocycles. The number of H-pyrrole nitrogens is 2. The van der Waals surface area contributed by atoms with Crippen LogP contribution >= 0.6 is 0 Å². The third kappa shape index (κ3) is 3.58. The van der Waals surface area contributed by atoms with Gasteiger partial charge in [-0.05, 0) is 36.2 Å². The van der Waals surface area contributed by atoms with E-state index in [0.29, 0.717) is 0 Å². The molecule has 29 heavy (non-hydrogen) atoms. The lowest BCUT2D eigenvalue weighted by atomic mass is 10.1. The topological polar surface area (TPSA) is 78.6 Å². The van der Waals surface area contributed by atoms with Crippen LogP contribution in [0, 0.1) is 0 Å². The molecule has 0 aliphatic carbocycles. The van der Waals surface area contributed by atoms with Crippen molar-refractivity contribution in [2.75, 3.05) is 0 Å². The summed E-state index contributed by atoms with van der Waals surface area (Å²) in [5.41, 5.74) is 5.43. The number of aromatic nitrogens is 4. The maximum Gasteiger partial charge on any atom is 0.147 e. The van der Waals surface area contributed by atoms with Gasteiger partial charge < -0.3 is 9.72 Å². The average Bonchev–Trinajstić information content (AvgIpc) is 3.39. The Balaban J connectivity index is 1.28. The molecule has 0 radical (unpaired) electrons. The molecule has 6 heteroatoms. The molecule has 3 aromatic heterocycles. The number of nitrogens with zero attached hydrogens (tertiary/aromatic N) is 2. The normalized spacial score (nSPS) is 12.4. The van der Waals surface area contributed by atoms with E-state index in [1.165, 1.54) is 10.9 Å². The maximum atomic E-state index is 6.06. The first-order chi connectivity index (χ1) is 14.3. The Kier molecular flexibility index (Phi) is 4.46. The van der Waals surface area contributed by atoms with Crippen LogP contribution in [0.2, 0.25) is 0 Å². The Morgan fingerprint density at radius 2 is 1.93 bits per heavy atom. The Morgan fingerprint density at radius 3 is 2.90 bits per heavy atom. The predicted molar refractivity (Wildman–Crippen MR) is 115 cm³/mol. The van der Waals surface area contributed by atoms with Crippen LogP contribution in [0.5, 0.6) is 5.75 Å². The van der Waals surface area contributed by atoms with Gasteiger partial charge in [-0.3, -0.25) is 15.4 Å². The van der Waals surface area contributed by atoms with E-state index >= 15 is 0 Å². The fourth-order valence-electron chi connectivity index (χ4n) is 3.54. The Hall–Kier alpha value is -3.64. The summed E-state index contributed by atoms with van der Waals surface area (Å²) in [7, 11) is 0. The molecular weight excluding hydrogens is 362 g/mol. The van der Waals surface area contributed by atoms with Crippen molar-refractivity contribution >= 4 is 21.8 Å². The van der Waals surface area contributed by atoms with E-state index in [9.17, 15) is 0 Å². The lowest BCUT2D eigenvalue weighted by Gasteiger charge is -2.16. The summed E-state index contributed by atoms with van der Waals surface area (Å²) in [5.74, 6) is 0.728. The molecule has 2 aromatic carbocycles. The first-order valence-corrected chi connectivity index (χ1v) is 9.60. The summed E-state index contributed by atoms with van der Waals surface area (Å²) in [6, 6.07) is 16.5. The van der Waals surface area contributed by atoms with Crippen LogP contribution in [0.3, 0.4) is 0 Å². The zero-order valence-corrected chi connectivity index (χ0v) is 16.0. The average molecular weight is 383 g/mol. The standard InChI is InChI=1S/C23H21N5O/c1-15(25-11-19-12-26-22-5-3-2-4-21(19)22)29-20-8-18(10-24-14-20)16-6-7-17-13-27-28-23(17)9-16/h2-10,12-15,25-26H,11H2,1H3,(H,27,28)/t15-/m0/s1. The number of rotatable bonds is 6. The third-order valence-corrected chi connectivity index (χ3v) is 5.06. The number of hydrogen-bond acceptors (Lipinski definition) is 4. The van der Waals surface area contributed by atoms with Crippen LogP contribution in [0.1, 0.15) is 12.5 Å². The first-order valence-electron chi connectivity index (χ1n) is 9.60. The number of pyridine rings is 1. The number of nitrogens with one attached hydrogen (secondary N) is 3. The van der Waals surface area contributed by atoms with Gasteiger partial charge in [-0.2, -0.15) is 5.10 Å². The molecule has 3 heterocycles. The number of ether oxygens (including phenoxy) is 1. The minimum Gasteiger partial charge on any atom is -0.474 e. The van der Waals surface area contributed by atoms with Gasteiger partial charge in [-0.15, -0.1) is 0 Å². The van der Waals surface area contributed by atoms with Crippen LogP contribution in [0.4, 0.5) is 0 Å². The smallest absolute Gasteiger partial charge is 0.147 e. The van der Waals surface area contributed by atoms with E-state index in [2.05, 4.69) is 55.8 Å². The van der Waals surface area contributed by atoms with Crippen molar-refractivity contribution in [3.05, 3.63) is 78.9 Å². The third-order valence-electron chi connectivity index (χ3n) is 5.06. The van der Waals surface area contributed by atoms with Crippen LogP contribution in [0.25, 0.3) is 32.9 Å². The molecule has 6 nitrogen and oxygen atoms in total. The second-order valence-corrected chi connectivity index (χ2v) is 7.08. The summed E-state index contributed by atoms with van der Waals surface area (Å²) in [4.78, 5) is 7.65. The molecule has 0 amide bonds. The SMILES string of the molecule is C[C@@H](NCc1c[nH]c2ccccc12)Oc1cncc(-c2ccc3cn[nH]c3c2)c1. The Bertz CT molecular complexity index is 1270. The van der Waals surface area contributed by atoms with E-state index < -0.39 is 0 Å². The van der Waals surface area contributed by atoms with Gasteiger partial charge >= 0.3 is 0 Å². The zero-order chi connectivity index (χ0) is 19.6. The van der Waals surface area contributed by atoms with Crippen molar-refractivity contribution in [2.45, 2.75) is 19.7 Å². The minimum absolute atomic E-state index is 0.157. The van der Waals surface area contributed by atoms with Crippen LogP contribution in [-0.4, -0.2) is 26.4 Å².